The van der Waals surface area contributed by atoms with E-state index < -0.39 is 0 Å². The number of para-hydroxylation sites is 2. The van der Waals surface area contributed by atoms with Crippen molar-refractivity contribution in [2.45, 2.75) is 0 Å². The van der Waals surface area contributed by atoms with Gasteiger partial charge in [-0.15, -0.1) is 11.3 Å². The molecule has 3 heterocycles. The second-order valence-electron chi connectivity index (χ2n) is 14.9. The SMILES string of the molecule is c1ccc(-n2c3cc(-c4ccc(N(c5ccc(-c6ccc7ccccc7c6)cc5)c5cccc6c5sc5ccccc56)cc4)ccc3c3c4ccccc4oc32)cc1. The summed E-state index contributed by atoms with van der Waals surface area (Å²) in [5.41, 5.74) is 12.1. The van der Waals surface area contributed by atoms with Crippen molar-refractivity contribution >= 4 is 92.3 Å². The van der Waals surface area contributed by atoms with Gasteiger partial charge in [0.25, 0.3) is 0 Å². The Bertz CT molecular complexity index is 3500. The van der Waals surface area contributed by atoms with Gasteiger partial charge in [0.15, 0.2) is 0 Å². The van der Waals surface area contributed by atoms with Gasteiger partial charge >= 0.3 is 0 Å². The molecule has 0 spiro atoms. The van der Waals surface area contributed by atoms with E-state index in [9.17, 15) is 0 Å². The maximum atomic E-state index is 6.55. The molecule has 0 saturated carbocycles. The Hall–Kier alpha value is -7.40. The molecule has 272 valence electrons. The first kappa shape index (κ1) is 32.8. The average Bonchev–Trinajstić information content (AvgIpc) is 3.96. The number of nitrogens with zero attached hydrogens (tertiary/aromatic N) is 2. The fourth-order valence-electron chi connectivity index (χ4n) is 8.81. The number of benzene rings is 9. The number of rotatable bonds is 6. The summed E-state index contributed by atoms with van der Waals surface area (Å²) in [7, 11) is 0. The van der Waals surface area contributed by atoms with Crippen molar-refractivity contribution in [3.05, 3.63) is 206 Å². The second kappa shape index (κ2) is 13.1. The third-order valence-electron chi connectivity index (χ3n) is 11.6. The highest BCUT2D eigenvalue weighted by atomic mass is 32.1. The smallest absolute Gasteiger partial charge is 0.213 e. The summed E-state index contributed by atoms with van der Waals surface area (Å²) < 4.78 is 11.4. The summed E-state index contributed by atoms with van der Waals surface area (Å²) in [5, 5.41) is 8.53. The highest BCUT2D eigenvalue weighted by Crippen LogP contribution is 2.46. The van der Waals surface area contributed by atoms with Crippen LogP contribution in [-0.4, -0.2) is 4.57 Å². The maximum Gasteiger partial charge on any atom is 0.213 e. The zero-order chi connectivity index (χ0) is 38.2. The molecular weight excluding hydrogens is 725 g/mol. The number of thiophene rings is 1. The van der Waals surface area contributed by atoms with E-state index in [4.69, 9.17) is 4.42 Å². The van der Waals surface area contributed by atoms with Crippen LogP contribution in [0.1, 0.15) is 0 Å². The summed E-state index contributed by atoms with van der Waals surface area (Å²) in [6.45, 7) is 0. The zero-order valence-corrected chi connectivity index (χ0v) is 32.2. The molecule has 0 bridgehead atoms. The molecule has 0 aliphatic heterocycles. The van der Waals surface area contributed by atoms with Crippen molar-refractivity contribution in [2.24, 2.45) is 0 Å². The predicted octanol–water partition coefficient (Wildman–Crippen LogP) is 15.9. The molecule has 0 amide bonds. The van der Waals surface area contributed by atoms with E-state index in [2.05, 4.69) is 210 Å². The average molecular weight is 759 g/mol. The fourth-order valence-corrected chi connectivity index (χ4v) is 10.0. The van der Waals surface area contributed by atoms with E-state index in [0.717, 1.165) is 55.8 Å². The van der Waals surface area contributed by atoms with Crippen LogP contribution in [-0.2, 0) is 0 Å². The predicted molar refractivity (Wildman–Crippen MR) is 247 cm³/mol. The van der Waals surface area contributed by atoms with Gasteiger partial charge in [0.05, 0.1) is 21.3 Å². The number of furan rings is 1. The zero-order valence-electron chi connectivity index (χ0n) is 31.3. The van der Waals surface area contributed by atoms with Gasteiger partial charge in [0.2, 0.25) is 5.71 Å². The molecule has 12 aromatic rings. The standard InChI is InChI=1S/C54H34N2OS/c1-2-13-41(14-3-1)56-49-34-40(27-32-46(49)52-47-16-6-8-19-50(47)57-54(52)56)37-25-30-43(31-26-37)55(48-18-10-17-45-44-15-7-9-20-51(44)58-53(45)48)42-28-23-36(24-29-42)39-22-21-35-11-4-5-12-38(35)33-39/h1-34H. The van der Waals surface area contributed by atoms with E-state index >= 15 is 0 Å². The molecule has 3 aromatic heterocycles. The summed E-state index contributed by atoms with van der Waals surface area (Å²) in [6.07, 6.45) is 0. The number of anilines is 3. The van der Waals surface area contributed by atoms with Crippen molar-refractivity contribution in [3.8, 4) is 27.9 Å². The quantitative estimate of drug-likeness (QED) is 0.168. The first-order valence-electron chi connectivity index (χ1n) is 19.7. The van der Waals surface area contributed by atoms with Gasteiger partial charge in [0.1, 0.15) is 5.58 Å². The Balaban J connectivity index is 0.985. The topological polar surface area (TPSA) is 21.3 Å². The van der Waals surface area contributed by atoms with Crippen molar-refractivity contribution in [2.75, 3.05) is 4.90 Å². The molecule has 3 nitrogen and oxygen atoms in total. The minimum absolute atomic E-state index is 0.868. The Morgan fingerprint density at radius 1 is 0.431 bits per heavy atom. The lowest BCUT2D eigenvalue weighted by molar-refractivity contribution is 0.645. The van der Waals surface area contributed by atoms with E-state index in [-0.39, 0.29) is 0 Å². The molecule has 4 heteroatoms. The lowest BCUT2D eigenvalue weighted by Gasteiger charge is -2.26. The maximum absolute atomic E-state index is 6.55. The number of fused-ring (bicyclic) bond motifs is 9. The van der Waals surface area contributed by atoms with Crippen molar-refractivity contribution in [1.82, 2.24) is 4.57 Å². The van der Waals surface area contributed by atoms with Crippen molar-refractivity contribution in [3.63, 3.8) is 0 Å². The molecule has 0 N–H and O–H groups in total. The molecule has 9 aromatic carbocycles. The lowest BCUT2D eigenvalue weighted by Crippen LogP contribution is -2.10. The van der Waals surface area contributed by atoms with E-state index in [1.807, 2.05) is 17.4 Å². The summed E-state index contributed by atoms with van der Waals surface area (Å²) in [4.78, 5) is 2.41. The molecule has 0 saturated heterocycles. The highest BCUT2D eigenvalue weighted by Gasteiger charge is 2.21. The summed E-state index contributed by atoms with van der Waals surface area (Å²) in [6, 6.07) is 74.4. The van der Waals surface area contributed by atoms with E-state index in [0.29, 0.717) is 0 Å². The fraction of sp³-hybridized carbons (Fsp3) is 0. The first-order chi connectivity index (χ1) is 28.7. The summed E-state index contributed by atoms with van der Waals surface area (Å²) in [5.74, 6) is 0. The van der Waals surface area contributed by atoms with Crippen LogP contribution in [0.5, 0.6) is 0 Å². The molecular formula is C54H34N2OS. The lowest BCUT2D eigenvalue weighted by atomic mass is 10.0. The third-order valence-corrected chi connectivity index (χ3v) is 12.8. The van der Waals surface area contributed by atoms with Crippen molar-refractivity contribution in [1.29, 1.82) is 0 Å². The first-order valence-corrected chi connectivity index (χ1v) is 20.5. The van der Waals surface area contributed by atoms with Gasteiger partial charge in [0, 0.05) is 43.3 Å². The minimum atomic E-state index is 0.868. The van der Waals surface area contributed by atoms with Crippen molar-refractivity contribution < 1.29 is 4.42 Å². The Labute approximate surface area is 338 Å². The van der Waals surface area contributed by atoms with Crippen LogP contribution in [0.25, 0.3) is 91.9 Å². The Kier molecular flexibility index (Phi) is 7.40. The van der Waals surface area contributed by atoms with Gasteiger partial charge in [-0.05, 0) is 99.8 Å². The normalized spacial score (nSPS) is 11.8. The molecule has 0 radical (unpaired) electrons. The molecule has 58 heavy (non-hydrogen) atoms. The Morgan fingerprint density at radius 2 is 1.05 bits per heavy atom. The largest absolute Gasteiger partial charge is 0.439 e. The minimum Gasteiger partial charge on any atom is -0.439 e. The molecule has 0 atom stereocenters. The number of hydrogen-bond acceptors (Lipinski definition) is 3. The van der Waals surface area contributed by atoms with Gasteiger partial charge in [-0.25, -0.2) is 0 Å². The van der Waals surface area contributed by atoms with Crippen LogP contribution in [0.3, 0.4) is 0 Å². The van der Waals surface area contributed by atoms with Crippen LogP contribution < -0.4 is 4.90 Å². The van der Waals surface area contributed by atoms with Crippen LogP contribution in [0, 0.1) is 0 Å². The molecule has 0 aliphatic carbocycles. The van der Waals surface area contributed by atoms with E-state index in [1.165, 1.54) is 53.1 Å². The second-order valence-corrected chi connectivity index (χ2v) is 16.0. The van der Waals surface area contributed by atoms with Gasteiger partial charge < -0.3 is 9.32 Å². The summed E-state index contributed by atoms with van der Waals surface area (Å²) >= 11 is 1.86. The van der Waals surface area contributed by atoms with Gasteiger partial charge in [-0.2, -0.15) is 0 Å². The van der Waals surface area contributed by atoms with Crippen LogP contribution in [0.2, 0.25) is 0 Å². The molecule has 0 unspecified atom stereocenters. The van der Waals surface area contributed by atoms with Gasteiger partial charge in [-0.1, -0.05) is 140 Å². The molecule has 0 fully saturated rings. The monoisotopic (exact) mass is 758 g/mol. The molecule has 12 rings (SSSR count). The Morgan fingerprint density at radius 3 is 1.84 bits per heavy atom. The number of aromatic nitrogens is 1. The highest BCUT2D eigenvalue weighted by molar-refractivity contribution is 7.26. The van der Waals surface area contributed by atoms with Gasteiger partial charge in [-0.3, -0.25) is 4.57 Å². The third kappa shape index (κ3) is 5.19. The molecule has 0 aliphatic rings. The number of hydrogen-bond donors (Lipinski definition) is 0. The van der Waals surface area contributed by atoms with Crippen LogP contribution in [0.4, 0.5) is 17.1 Å². The van der Waals surface area contributed by atoms with E-state index in [1.54, 1.807) is 0 Å². The van der Waals surface area contributed by atoms with Crippen LogP contribution >= 0.6 is 11.3 Å². The van der Waals surface area contributed by atoms with Crippen LogP contribution in [0.15, 0.2) is 211 Å².